The predicted molar refractivity (Wildman–Crippen MR) is 93.3 cm³/mol. The Kier molecular flexibility index (Phi) is 4.64. The summed E-state index contributed by atoms with van der Waals surface area (Å²) in [5.41, 5.74) is 2.29. The van der Waals surface area contributed by atoms with E-state index in [9.17, 15) is 19.8 Å². The van der Waals surface area contributed by atoms with Crippen LogP contribution < -0.4 is 4.57 Å². The molecule has 4 atom stereocenters. The van der Waals surface area contributed by atoms with E-state index in [0.29, 0.717) is 5.75 Å². The molecule has 0 unspecified atom stereocenters. The maximum absolute atomic E-state index is 12.3. The van der Waals surface area contributed by atoms with Crippen LogP contribution in [-0.4, -0.2) is 39.1 Å². The summed E-state index contributed by atoms with van der Waals surface area (Å²) in [6, 6.07) is 5.76. The van der Waals surface area contributed by atoms with Crippen molar-refractivity contribution >= 4 is 23.6 Å². The van der Waals surface area contributed by atoms with Crippen LogP contribution in [-0.2, 0) is 22.4 Å². The second-order valence-corrected chi connectivity index (χ2v) is 7.80. The standard InChI is InChI=1S/C18H22N2O4S/c1-9-6-5-7-12(19(9)4)8-25-16-10(2)14-13(11(3)21)17(22)20(14)15(16)18(23)24/h5-7,10-11,13-14,21H,8H2,1-4H3/p+1/t10-,11-,13-,14+/m1/s1. The minimum Gasteiger partial charge on any atom is -0.477 e. The van der Waals surface area contributed by atoms with Gasteiger partial charge in [-0.2, -0.15) is 0 Å². The molecule has 7 heteroatoms. The molecular weight excluding hydrogens is 340 g/mol. The van der Waals surface area contributed by atoms with Gasteiger partial charge in [0.25, 0.3) is 0 Å². The molecular formula is C18H23N2O4S+. The number of amides is 1. The van der Waals surface area contributed by atoms with E-state index in [1.54, 1.807) is 6.92 Å². The van der Waals surface area contributed by atoms with Crippen LogP contribution in [0.1, 0.15) is 25.2 Å². The van der Waals surface area contributed by atoms with E-state index in [-0.39, 0.29) is 23.6 Å². The molecule has 6 nitrogen and oxygen atoms in total. The van der Waals surface area contributed by atoms with Gasteiger partial charge in [-0.25, -0.2) is 9.36 Å². The molecule has 0 spiro atoms. The molecule has 3 rings (SSSR count). The van der Waals surface area contributed by atoms with Gasteiger partial charge in [0, 0.05) is 29.9 Å². The fourth-order valence-electron chi connectivity index (χ4n) is 3.76. The normalized spacial score (nSPS) is 26.5. The zero-order valence-corrected chi connectivity index (χ0v) is 15.6. The zero-order chi connectivity index (χ0) is 18.5. The number of hydrogen-bond acceptors (Lipinski definition) is 4. The van der Waals surface area contributed by atoms with Crippen molar-refractivity contribution in [2.75, 3.05) is 0 Å². The van der Waals surface area contributed by atoms with Crippen molar-refractivity contribution in [3.8, 4) is 0 Å². The lowest BCUT2D eigenvalue weighted by atomic mass is 9.79. The quantitative estimate of drug-likeness (QED) is 0.607. The molecule has 0 saturated carbocycles. The van der Waals surface area contributed by atoms with Crippen molar-refractivity contribution in [1.82, 2.24) is 4.90 Å². The third kappa shape index (κ3) is 2.75. The van der Waals surface area contributed by atoms with Gasteiger partial charge in [0.05, 0.1) is 23.8 Å². The highest BCUT2D eigenvalue weighted by molar-refractivity contribution is 8.02. The van der Waals surface area contributed by atoms with Crippen LogP contribution in [0.5, 0.6) is 0 Å². The number of aliphatic hydroxyl groups is 1. The fourth-order valence-corrected chi connectivity index (χ4v) is 5.08. The molecule has 1 saturated heterocycles. The highest BCUT2D eigenvalue weighted by Crippen LogP contribution is 2.50. The molecule has 1 fully saturated rings. The van der Waals surface area contributed by atoms with Crippen molar-refractivity contribution in [1.29, 1.82) is 0 Å². The van der Waals surface area contributed by atoms with Crippen molar-refractivity contribution in [3.05, 3.63) is 40.2 Å². The molecule has 2 aliphatic heterocycles. The Hall–Kier alpha value is -1.86. The van der Waals surface area contributed by atoms with E-state index in [2.05, 4.69) is 4.57 Å². The highest BCUT2D eigenvalue weighted by atomic mass is 32.2. The molecule has 1 aromatic heterocycles. The average molecular weight is 363 g/mol. The fraction of sp³-hybridized carbons (Fsp3) is 0.500. The SMILES string of the molecule is Cc1cccc(CSC2=C(C(=O)O)N3C(=O)[C@H]([C@@H](C)O)[C@@H]3[C@H]2C)[n+]1C. The number of fused-ring (bicyclic) bond motifs is 1. The number of aliphatic hydroxyl groups excluding tert-OH is 1. The first kappa shape index (κ1) is 17.9. The Labute approximate surface area is 151 Å². The number of carbonyl (C=O) groups excluding carboxylic acids is 1. The van der Waals surface area contributed by atoms with Crippen LogP contribution in [0.2, 0.25) is 0 Å². The number of pyridine rings is 1. The van der Waals surface area contributed by atoms with E-state index < -0.39 is 18.0 Å². The largest absolute Gasteiger partial charge is 0.477 e. The van der Waals surface area contributed by atoms with Crippen LogP contribution in [0.4, 0.5) is 0 Å². The molecule has 3 heterocycles. The van der Waals surface area contributed by atoms with E-state index in [0.717, 1.165) is 16.3 Å². The summed E-state index contributed by atoms with van der Waals surface area (Å²) in [6.07, 6.45) is -0.773. The van der Waals surface area contributed by atoms with E-state index >= 15 is 0 Å². The number of rotatable bonds is 5. The Bertz CT molecular complexity index is 774. The Morgan fingerprint density at radius 2 is 2.12 bits per heavy atom. The Balaban J connectivity index is 1.88. The number of carbonyl (C=O) groups is 2. The topological polar surface area (TPSA) is 81.7 Å². The molecule has 1 aromatic rings. The van der Waals surface area contributed by atoms with Gasteiger partial charge in [-0.05, 0) is 13.0 Å². The van der Waals surface area contributed by atoms with Gasteiger partial charge >= 0.3 is 5.97 Å². The van der Waals surface area contributed by atoms with Gasteiger partial charge in [-0.1, -0.05) is 6.92 Å². The highest BCUT2D eigenvalue weighted by Gasteiger charge is 2.59. The maximum atomic E-state index is 12.3. The van der Waals surface area contributed by atoms with E-state index in [1.807, 2.05) is 39.1 Å². The maximum Gasteiger partial charge on any atom is 0.353 e. The molecule has 0 bridgehead atoms. The van der Waals surface area contributed by atoms with Crippen LogP contribution in [0.3, 0.4) is 0 Å². The van der Waals surface area contributed by atoms with Gasteiger partial charge in [-0.3, -0.25) is 4.79 Å². The second kappa shape index (κ2) is 6.46. The number of nitrogens with zero attached hydrogens (tertiary/aromatic N) is 2. The summed E-state index contributed by atoms with van der Waals surface area (Å²) in [4.78, 5) is 26.2. The number of carboxylic acids is 1. The van der Waals surface area contributed by atoms with Crippen molar-refractivity contribution in [3.63, 3.8) is 0 Å². The number of aliphatic carboxylic acids is 1. The minimum atomic E-state index is -1.08. The number of hydrogen-bond donors (Lipinski definition) is 2. The summed E-state index contributed by atoms with van der Waals surface area (Å²) in [7, 11) is 1.98. The van der Waals surface area contributed by atoms with Crippen LogP contribution in [0.15, 0.2) is 28.8 Å². The average Bonchev–Trinajstić information content (AvgIpc) is 2.77. The summed E-state index contributed by atoms with van der Waals surface area (Å²) in [6.45, 7) is 5.55. The molecule has 2 N–H and O–H groups in total. The molecule has 0 aromatic carbocycles. The van der Waals surface area contributed by atoms with Gasteiger partial charge < -0.3 is 15.1 Å². The second-order valence-electron chi connectivity index (χ2n) is 6.78. The van der Waals surface area contributed by atoms with Gasteiger partial charge in [0.1, 0.15) is 12.7 Å². The molecule has 2 aliphatic rings. The van der Waals surface area contributed by atoms with Crippen molar-refractivity contribution in [2.45, 2.75) is 38.7 Å². The van der Waals surface area contributed by atoms with E-state index in [4.69, 9.17) is 0 Å². The van der Waals surface area contributed by atoms with Crippen molar-refractivity contribution < 1.29 is 24.4 Å². The Morgan fingerprint density at radius 3 is 2.72 bits per heavy atom. The lowest BCUT2D eigenvalue weighted by molar-refractivity contribution is -0.684. The van der Waals surface area contributed by atoms with Crippen molar-refractivity contribution in [2.24, 2.45) is 18.9 Å². The van der Waals surface area contributed by atoms with Crippen LogP contribution in [0.25, 0.3) is 0 Å². The Morgan fingerprint density at radius 1 is 1.44 bits per heavy atom. The van der Waals surface area contributed by atoms with Gasteiger partial charge in [0.15, 0.2) is 11.4 Å². The third-order valence-electron chi connectivity index (χ3n) is 5.27. The number of carboxylic acid groups (broad SMARTS) is 1. The third-order valence-corrected chi connectivity index (χ3v) is 6.59. The van der Waals surface area contributed by atoms with E-state index in [1.165, 1.54) is 16.7 Å². The number of β-lactam (4-membered cyclic amide) rings is 1. The zero-order valence-electron chi connectivity index (χ0n) is 14.8. The lowest BCUT2D eigenvalue weighted by Gasteiger charge is -2.46. The van der Waals surface area contributed by atoms with Crippen LogP contribution >= 0.6 is 11.8 Å². The number of aryl methyl sites for hydroxylation is 1. The van der Waals surface area contributed by atoms with Gasteiger partial charge in [-0.15, -0.1) is 11.8 Å². The minimum absolute atomic E-state index is 0.0831. The lowest BCUT2D eigenvalue weighted by Crippen LogP contribution is -2.63. The molecule has 0 aliphatic carbocycles. The summed E-state index contributed by atoms with van der Waals surface area (Å²) in [5.74, 6) is -1.35. The van der Waals surface area contributed by atoms with Gasteiger partial charge in [0.2, 0.25) is 5.91 Å². The molecule has 134 valence electrons. The molecule has 0 radical (unpaired) electrons. The summed E-state index contributed by atoms with van der Waals surface area (Å²) in [5, 5.41) is 19.5. The summed E-state index contributed by atoms with van der Waals surface area (Å²) < 4.78 is 2.08. The first-order valence-electron chi connectivity index (χ1n) is 8.31. The first-order valence-corrected chi connectivity index (χ1v) is 9.30. The number of thioether (sulfide) groups is 1. The molecule has 1 amide bonds. The first-order chi connectivity index (χ1) is 11.8. The predicted octanol–water partition coefficient (Wildman–Crippen LogP) is 1.21. The van der Waals surface area contributed by atoms with Crippen LogP contribution in [0, 0.1) is 18.8 Å². The smallest absolute Gasteiger partial charge is 0.353 e. The summed E-state index contributed by atoms with van der Waals surface area (Å²) >= 11 is 1.47. The number of aromatic nitrogens is 1. The molecule has 25 heavy (non-hydrogen) atoms. The monoisotopic (exact) mass is 363 g/mol.